The van der Waals surface area contributed by atoms with Crippen molar-refractivity contribution in [2.24, 2.45) is 0 Å². The molecule has 0 unspecified atom stereocenters. The molecule has 2 N–H and O–H groups in total. The van der Waals surface area contributed by atoms with E-state index in [-0.39, 0.29) is 17.9 Å². The maximum absolute atomic E-state index is 13.3. The second-order valence-corrected chi connectivity index (χ2v) is 4.65. The molecule has 0 aromatic heterocycles. The third-order valence-corrected chi connectivity index (χ3v) is 3.02. The van der Waals surface area contributed by atoms with Crippen LogP contribution in [0.1, 0.15) is 34.5 Å². The van der Waals surface area contributed by atoms with E-state index in [0.717, 1.165) is 5.56 Å². The summed E-state index contributed by atoms with van der Waals surface area (Å²) in [6.45, 7) is 1.73. The van der Waals surface area contributed by atoms with Crippen molar-refractivity contribution >= 4 is 5.97 Å². The zero-order valence-corrected chi connectivity index (χ0v) is 11.4. The van der Waals surface area contributed by atoms with Crippen LogP contribution in [0.4, 0.5) is 4.39 Å². The molecule has 0 saturated heterocycles. The lowest BCUT2D eigenvalue weighted by atomic mass is 10.1. The predicted octanol–water partition coefficient (Wildman–Crippen LogP) is 3.16. The fourth-order valence-corrected chi connectivity index (χ4v) is 1.88. The first-order valence-electron chi connectivity index (χ1n) is 6.40. The molecule has 1 atom stereocenters. The molecule has 0 spiro atoms. The molecule has 5 heteroatoms. The number of carboxylic acid groups (broad SMARTS) is 1. The topological polar surface area (TPSA) is 66.8 Å². The largest absolute Gasteiger partial charge is 0.488 e. The Hall–Kier alpha value is -2.40. The Morgan fingerprint density at radius 1 is 1.24 bits per heavy atom. The van der Waals surface area contributed by atoms with Gasteiger partial charge in [0, 0.05) is 11.6 Å². The Morgan fingerprint density at radius 2 is 1.90 bits per heavy atom. The minimum absolute atomic E-state index is 0.156. The molecule has 4 nitrogen and oxygen atoms in total. The normalized spacial score (nSPS) is 12.0. The number of hydrogen-bond acceptors (Lipinski definition) is 3. The summed E-state index contributed by atoms with van der Waals surface area (Å²) >= 11 is 0. The van der Waals surface area contributed by atoms with Crippen LogP contribution in [0.5, 0.6) is 5.75 Å². The Labute approximate surface area is 121 Å². The van der Waals surface area contributed by atoms with Gasteiger partial charge in [-0.1, -0.05) is 12.1 Å². The summed E-state index contributed by atoms with van der Waals surface area (Å²) in [5, 5.41) is 18.4. The van der Waals surface area contributed by atoms with Crippen molar-refractivity contribution in [2.45, 2.75) is 19.6 Å². The standard InChI is InChI=1S/C16H15FO4/c1-10(18)14-7-6-13(17)8-15(14)21-9-11-2-4-12(5-3-11)16(19)20/h2-8,10,18H,9H2,1H3,(H,19,20)/t10-/m0/s1. The van der Waals surface area contributed by atoms with E-state index in [1.807, 2.05) is 0 Å². The second-order valence-electron chi connectivity index (χ2n) is 4.65. The van der Waals surface area contributed by atoms with E-state index in [1.54, 1.807) is 19.1 Å². The van der Waals surface area contributed by atoms with E-state index in [2.05, 4.69) is 0 Å². The molecule has 0 aliphatic carbocycles. The van der Waals surface area contributed by atoms with Crippen LogP contribution in [0.2, 0.25) is 0 Å². The first-order valence-corrected chi connectivity index (χ1v) is 6.40. The zero-order valence-electron chi connectivity index (χ0n) is 11.4. The van der Waals surface area contributed by atoms with E-state index in [9.17, 15) is 14.3 Å². The number of ether oxygens (including phenoxy) is 1. The molecule has 2 rings (SSSR count). The van der Waals surface area contributed by atoms with Crippen LogP contribution in [0, 0.1) is 5.82 Å². The predicted molar refractivity (Wildman–Crippen MR) is 74.8 cm³/mol. The third kappa shape index (κ3) is 3.79. The van der Waals surface area contributed by atoms with Crippen LogP contribution < -0.4 is 4.74 Å². The Morgan fingerprint density at radius 3 is 2.48 bits per heavy atom. The molecular formula is C16H15FO4. The number of carbonyl (C=O) groups is 1. The molecule has 0 amide bonds. The second kappa shape index (κ2) is 6.37. The number of aliphatic hydroxyl groups excluding tert-OH is 1. The van der Waals surface area contributed by atoms with Gasteiger partial charge in [0.1, 0.15) is 18.2 Å². The van der Waals surface area contributed by atoms with Gasteiger partial charge in [0.2, 0.25) is 0 Å². The lowest BCUT2D eigenvalue weighted by molar-refractivity contribution is 0.0697. The van der Waals surface area contributed by atoms with Crippen LogP contribution in [0.3, 0.4) is 0 Å². The van der Waals surface area contributed by atoms with Gasteiger partial charge in [0.15, 0.2) is 0 Å². The Balaban J connectivity index is 2.12. The summed E-state index contributed by atoms with van der Waals surface area (Å²) in [4.78, 5) is 10.7. The first-order chi connectivity index (χ1) is 9.97. The highest BCUT2D eigenvalue weighted by molar-refractivity contribution is 5.87. The van der Waals surface area contributed by atoms with Crippen molar-refractivity contribution < 1.29 is 24.1 Å². The number of aliphatic hydroxyl groups is 1. The van der Waals surface area contributed by atoms with Crippen LogP contribution in [0.15, 0.2) is 42.5 Å². The smallest absolute Gasteiger partial charge is 0.335 e. The van der Waals surface area contributed by atoms with Crippen molar-refractivity contribution in [3.8, 4) is 5.75 Å². The van der Waals surface area contributed by atoms with Crippen LogP contribution in [0.25, 0.3) is 0 Å². The number of halogens is 1. The molecule has 0 bridgehead atoms. The maximum Gasteiger partial charge on any atom is 0.335 e. The van der Waals surface area contributed by atoms with E-state index in [4.69, 9.17) is 9.84 Å². The van der Waals surface area contributed by atoms with Gasteiger partial charge in [-0.25, -0.2) is 9.18 Å². The molecule has 0 heterocycles. The minimum atomic E-state index is -0.996. The molecular weight excluding hydrogens is 275 g/mol. The minimum Gasteiger partial charge on any atom is -0.488 e. The van der Waals surface area contributed by atoms with E-state index in [0.29, 0.717) is 5.56 Å². The van der Waals surface area contributed by atoms with Crippen LogP contribution in [-0.4, -0.2) is 16.2 Å². The van der Waals surface area contributed by atoms with Gasteiger partial charge in [0.25, 0.3) is 0 Å². The van der Waals surface area contributed by atoms with Crippen molar-refractivity contribution in [1.82, 2.24) is 0 Å². The summed E-state index contributed by atoms with van der Waals surface area (Å²) in [7, 11) is 0. The van der Waals surface area contributed by atoms with Gasteiger partial charge < -0.3 is 14.9 Å². The highest BCUT2D eigenvalue weighted by atomic mass is 19.1. The molecule has 110 valence electrons. The SMILES string of the molecule is C[C@H](O)c1ccc(F)cc1OCc1ccc(C(=O)O)cc1. The van der Waals surface area contributed by atoms with Crippen LogP contribution in [-0.2, 0) is 6.61 Å². The Bertz CT molecular complexity index is 635. The van der Waals surface area contributed by atoms with Gasteiger partial charge >= 0.3 is 5.97 Å². The van der Waals surface area contributed by atoms with Gasteiger partial charge in [-0.05, 0) is 36.8 Å². The molecule has 2 aromatic rings. The number of hydrogen-bond donors (Lipinski definition) is 2. The molecule has 21 heavy (non-hydrogen) atoms. The zero-order chi connectivity index (χ0) is 15.4. The molecule has 0 fully saturated rings. The summed E-state index contributed by atoms with van der Waals surface area (Å²) < 4.78 is 18.8. The fourth-order valence-electron chi connectivity index (χ4n) is 1.88. The average molecular weight is 290 g/mol. The monoisotopic (exact) mass is 290 g/mol. The third-order valence-electron chi connectivity index (χ3n) is 3.02. The number of aromatic carboxylic acids is 1. The number of carboxylic acids is 1. The summed E-state index contributed by atoms with van der Waals surface area (Å²) in [6.07, 6.45) is -0.769. The van der Waals surface area contributed by atoms with Gasteiger partial charge in [0.05, 0.1) is 11.7 Å². The van der Waals surface area contributed by atoms with E-state index >= 15 is 0 Å². The van der Waals surface area contributed by atoms with Crippen molar-refractivity contribution in [1.29, 1.82) is 0 Å². The lowest BCUT2D eigenvalue weighted by Gasteiger charge is -2.13. The highest BCUT2D eigenvalue weighted by Gasteiger charge is 2.11. The Kier molecular flexibility index (Phi) is 4.55. The summed E-state index contributed by atoms with van der Waals surface area (Å²) in [5.41, 5.74) is 1.44. The molecule has 0 saturated carbocycles. The number of benzene rings is 2. The molecule has 2 aromatic carbocycles. The maximum atomic E-state index is 13.3. The van der Waals surface area contributed by atoms with Gasteiger partial charge in [-0.3, -0.25) is 0 Å². The summed E-state index contributed by atoms with van der Waals surface area (Å²) in [5.74, 6) is -1.17. The molecule has 0 radical (unpaired) electrons. The average Bonchev–Trinajstić information content (AvgIpc) is 2.45. The van der Waals surface area contributed by atoms with Gasteiger partial charge in [-0.2, -0.15) is 0 Å². The van der Waals surface area contributed by atoms with Crippen molar-refractivity contribution in [3.05, 3.63) is 65.0 Å². The molecule has 0 aliphatic rings. The van der Waals surface area contributed by atoms with E-state index in [1.165, 1.54) is 30.3 Å². The number of rotatable bonds is 5. The summed E-state index contributed by atoms with van der Waals surface area (Å²) in [6, 6.07) is 10.2. The van der Waals surface area contributed by atoms with E-state index < -0.39 is 17.9 Å². The van der Waals surface area contributed by atoms with Crippen molar-refractivity contribution in [3.63, 3.8) is 0 Å². The molecule has 0 aliphatic heterocycles. The lowest BCUT2D eigenvalue weighted by Crippen LogP contribution is -2.02. The first kappa shape index (κ1) is 15.0. The van der Waals surface area contributed by atoms with Gasteiger partial charge in [-0.15, -0.1) is 0 Å². The highest BCUT2D eigenvalue weighted by Crippen LogP contribution is 2.26. The fraction of sp³-hybridized carbons (Fsp3) is 0.188. The van der Waals surface area contributed by atoms with Crippen molar-refractivity contribution in [2.75, 3.05) is 0 Å². The quantitative estimate of drug-likeness (QED) is 0.887. The van der Waals surface area contributed by atoms with Crippen LogP contribution >= 0.6 is 0 Å².